The monoisotopic (exact) mass is 369 g/mol. The Kier molecular flexibility index (Phi) is 6.10. The average Bonchev–Trinajstić information content (AvgIpc) is 2.58. The number of hydrogen-bond acceptors (Lipinski definition) is 5. The third-order valence-corrected chi connectivity index (χ3v) is 3.23. The molecule has 0 aliphatic carbocycles. The topological polar surface area (TPSA) is 94.4 Å². The number of hydrogen-bond donors (Lipinski definition) is 1. The van der Waals surface area contributed by atoms with E-state index in [9.17, 15) is 28.1 Å². The number of rotatable bonds is 7. The number of aromatic nitrogens is 1. The van der Waals surface area contributed by atoms with E-state index < -0.39 is 22.6 Å². The number of para-hydroxylation sites is 2. The molecule has 26 heavy (non-hydrogen) atoms. The van der Waals surface area contributed by atoms with Crippen LogP contribution in [-0.4, -0.2) is 22.4 Å². The van der Waals surface area contributed by atoms with Crippen LogP contribution in [0.4, 0.5) is 24.7 Å². The van der Waals surface area contributed by atoms with Gasteiger partial charge in [-0.2, -0.15) is 13.2 Å². The van der Waals surface area contributed by atoms with Gasteiger partial charge in [-0.25, -0.2) is 4.98 Å². The SMILES string of the molecule is O=C(CCCOc1ccccc1[N+](=O)[O-])Nc1ccc(C(F)(F)F)cn1. The summed E-state index contributed by atoms with van der Waals surface area (Å²) in [5, 5.41) is 13.2. The number of nitro groups is 1. The number of nitro benzene ring substituents is 1. The van der Waals surface area contributed by atoms with Gasteiger partial charge in [-0.05, 0) is 24.6 Å². The minimum Gasteiger partial charge on any atom is -0.487 e. The van der Waals surface area contributed by atoms with E-state index in [1.54, 1.807) is 6.07 Å². The highest BCUT2D eigenvalue weighted by Crippen LogP contribution is 2.29. The fraction of sp³-hybridized carbons (Fsp3) is 0.250. The molecule has 1 N–H and O–H groups in total. The Bertz CT molecular complexity index is 779. The normalized spacial score (nSPS) is 11.0. The predicted molar refractivity (Wildman–Crippen MR) is 85.7 cm³/mol. The minimum absolute atomic E-state index is 0.00242. The van der Waals surface area contributed by atoms with Crippen molar-refractivity contribution in [2.24, 2.45) is 0 Å². The fourth-order valence-electron chi connectivity index (χ4n) is 1.99. The maximum absolute atomic E-state index is 12.4. The van der Waals surface area contributed by atoms with Crippen molar-refractivity contribution in [3.63, 3.8) is 0 Å². The lowest BCUT2D eigenvalue weighted by molar-refractivity contribution is -0.385. The van der Waals surface area contributed by atoms with Gasteiger partial charge in [0.15, 0.2) is 5.75 Å². The van der Waals surface area contributed by atoms with Crippen molar-refractivity contribution in [1.29, 1.82) is 0 Å². The molecule has 138 valence electrons. The Morgan fingerprint density at radius 3 is 2.58 bits per heavy atom. The summed E-state index contributed by atoms with van der Waals surface area (Å²) in [7, 11) is 0. The first-order valence-electron chi connectivity index (χ1n) is 7.46. The van der Waals surface area contributed by atoms with Gasteiger partial charge in [0.1, 0.15) is 5.82 Å². The fourth-order valence-corrected chi connectivity index (χ4v) is 1.99. The van der Waals surface area contributed by atoms with Crippen LogP contribution in [0.25, 0.3) is 0 Å². The van der Waals surface area contributed by atoms with Crippen molar-refractivity contribution in [1.82, 2.24) is 4.98 Å². The molecule has 0 unspecified atom stereocenters. The number of nitrogens with one attached hydrogen (secondary N) is 1. The first-order valence-corrected chi connectivity index (χ1v) is 7.46. The van der Waals surface area contributed by atoms with Crippen LogP contribution in [0.15, 0.2) is 42.6 Å². The molecule has 2 rings (SSSR count). The van der Waals surface area contributed by atoms with E-state index in [1.165, 1.54) is 18.2 Å². The molecule has 1 aromatic carbocycles. The Hall–Kier alpha value is -3.17. The third kappa shape index (κ3) is 5.43. The van der Waals surface area contributed by atoms with Crippen molar-refractivity contribution in [3.8, 4) is 5.75 Å². The summed E-state index contributed by atoms with van der Waals surface area (Å²) in [6.07, 6.45) is -3.58. The molecule has 0 radical (unpaired) electrons. The van der Waals surface area contributed by atoms with Gasteiger partial charge in [0.2, 0.25) is 5.91 Å². The zero-order valence-electron chi connectivity index (χ0n) is 13.3. The number of alkyl halides is 3. The molecule has 7 nitrogen and oxygen atoms in total. The Balaban J connectivity index is 1.78. The van der Waals surface area contributed by atoms with Crippen LogP contribution in [0.2, 0.25) is 0 Å². The van der Waals surface area contributed by atoms with Gasteiger partial charge in [0.05, 0.1) is 17.1 Å². The molecule has 0 aliphatic rings. The lowest BCUT2D eigenvalue weighted by atomic mass is 10.2. The van der Waals surface area contributed by atoms with E-state index in [4.69, 9.17) is 4.74 Å². The number of halogens is 3. The molecule has 1 amide bonds. The molecule has 0 aliphatic heterocycles. The van der Waals surface area contributed by atoms with Crippen molar-refractivity contribution in [2.45, 2.75) is 19.0 Å². The molecule has 10 heteroatoms. The highest BCUT2D eigenvalue weighted by molar-refractivity contribution is 5.89. The smallest absolute Gasteiger partial charge is 0.417 e. The second-order valence-corrected chi connectivity index (χ2v) is 5.15. The number of pyridine rings is 1. The van der Waals surface area contributed by atoms with Crippen LogP contribution in [0.3, 0.4) is 0 Å². The van der Waals surface area contributed by atoms with Crippen molar-refractivity contribution < 1.29 is 27.6 Å². The number of nitrogens with zero attached hydrogens (tertiary/aromatic N) is 2. The van der Waals surface area contributed by atoms with E-state index in [0.717, 1.165) is 12.1 Å². The molecule has 0 atom stereocenters. The summed E-state index contributed by atoms with van der Waals surface area (Å²) >= 11 is 0. The van der Waals surface area contributed by atoms with Crippen LogP contribution in [0, 0.1) is 10.1 Å². The number of carbonyl (C=O) groups excluding carboxylic acids is 1. The first kappa shape index (κ1) is 19.2. The van der Waals surface area contributed by atoms with Gasteiger partial charge in [-0.1, -0.05) is 12.1 Å². The van der Waals surface area contributed by atoms with Crippen LogP contribution in [-0.2, 0) is 11.0 Å². The van der Waals surface area contributed by atoms with E-state index in [-0.39, 0.29) is 36.7 Å². The Labute approximate surface area is 146 Å². The maximum Gasteiger partial charge on any atom is 0.417 e. The molecule has 0 spiro atoms. The van der Waals surface area contributed by atoms with Gasteiger partial charge >= 0.3 is 11.9 Å². The first-order chi connectivity index (χ1) is 12.3. The van der Waals surface area contributed by atoms with Gasteiger partial charge in [-0.15, -0.1) is 0 Å². The molecule has 0 saturated heterocycles. The predicted octanol–water partition coefficient (Wildman–Crippen LogP) is 3.81. The summed E-state index contributed by atoms with van der Waals surface area (Å²) in [5.74, 6) is -0.353. The van der Waals surface area contributed by atoms with E-state index >= 15 is 0 Å². The minimum atomic E-state index is -4.49. The van der Waals surface area contributed by atoms with E-state index in [1.807, 2.05) is 0 Å². The molecule has 0 fully saturated rings. The molecule has 0 bridgehead atoms. The number of amides is 1. The summed E-state index contributed by atoms with van der Waals surface area (Å²) in [4.78, 5) is 25.5. The lowest BCUT2D eigenvalue weighted by Gasteiger charge is -2.08. The lowest BCUT2D eigenvalue weighted by Crippen LogP contribution is -2.14. The van der Waals surface area contributed by atoms with Gasteiger partial charge < -0.3 is 10.1 Å². The highest BCUT2D eigenvalue weighted by Gasteiger charge is 2.30. The molecule has 1 aromatic heterocycles. The summed E-state index contributed by atoms with van der Waals surface area (Å²) < 4.78 is 42.6. The molecule has 0 saturated carbocycles. The van der Waals surface area contributed by atoms with Gasteiger partial charge in [-0.3, -0.25) is 14.9 Å². The zero-order chi connectivity index (χ0) is 19.2. The Morgan fingerprint density at radius 1 is 1.23 bits per heavy atom. The van der Waals surface area contributed by atoms with Crippen LogP contribution in [0.1, 0.15) is 18.4 Å². The molecular weight excluding hydrogens is 355 g/mol. The standard InChI is InChI=1S/C16H14F3N3O4/c17-16(18,19)11-7-8-14(20-10-11)21-15(23)6-3-9-26-13-5-2-1-4-12(13)22(24)25/h1-2,4-5,7-8,10H,3,6,9H2,(H,20,21,23). The highest BCUT2D eigenvalue weighted by atomic mass is 19.4. The number of benzene rings is 1. The molecular formula is C16H14F3N3O4. The van der Waals surface area contributed by atoms with E-state index in [0.29, 0.717) is 6.20 Å². The molecule has 1 heterocycles. The molecule has 2 aromatic rings. The average molecular weight is 369 g/mol. The van der Waals surface area contributed by atoms with Crippen molar-refractivity contribution >= 4 is 17.4 Å². The number of ether oxygens (including phenoxy) is 1. The summed E-state index contributed by atoms with van der Waals surface area (Å²) in [5.41, 5.74) is -1.08. The van der Waals surface area contributed by atoms with Crippen molar-refractivity contribution in [2.75, 3.05) is 11.9 Å². The second kappa shape index (κ2) is 8.28. The maximum atomic E-state index is 12.4. The largest absolute Gasteiger partial charge is 0.487 e. The van der Waals surface area contributed by atoms with Crippen molar-refractivity contribution in [3.05, 3.63) is 58.3 Å². The quantitative estimate of drug-likeness (QED) is 0.455. The third-order valence-electron chi connectivity index (χ3n) is 3.23. The summed E-state index contributed by atoms with van der Waals surface area (Å²) in [6, 6.07) is 7.73. The van der Waals surface area contributed by atoms with Crippen LogP contribution in [0.5, 0.6) is 5.75 Å². The zero-order valence-corrected chi connectivity index (χ0v) is 13.3. The Morgan fingerprint density at radius 2 is 1.96 bits per heavy atom. The number of anilines is 1. The van der Waals surface area contributed by atoms with Crippen LogP contribution < -0.4 is 10.1 Å². The van der Waals surface area contributed by atoms with Gasteiger partial charge in [0, 0.05) is 18.7 Å². The number of carbonyl (C=O) groups is 1. The second-order valence-electron chi connectivity index (χ2n) is 5.15. The summed E-state index contributed by atoms with van der Waals surface area (Å²) in [6.45, 7) is 0.0682. The van der Waals surface area contributed by atoms with Gasteiger partial charge in [0.25, 0.3) is 0 Å². The van der Waals surface area contributed by atoms with Crippen LogP contribution >= 0.6 is 0 Å². The van der Waals surface area contributed by atoms with E-state index in [2.05, 4.69) is 10.3 Å².